The number of hydrogen-bond acceptors (Lipinski definition) is 4. The van der Waals surface area contributed by atoms with Gasteiger partial charge in [0.2, 0.25) is 10.0 Å². The number of benzene rings is 3. The summed E-state index contributed by atoms with van der Waals surface area (Å²) >= 11 is 0. The zero-order valence-corrected chi connectivity index (χ0v) is 16.8. The molecule has 0 aliphatic heterocycles. The SMILES string of the molecule is N#Cc1ccc(S(=O)(=O)NCc2cn(-c3ccccc3)nc2-c2ccccc2)cc1. The second kappa shape index (κ2) is 8.33. The Bertz CT molecular complexity index is 1290. The summed E-state index contributed by atoms with van der Waals surface area (Å²) in [5.41, 5.74) is 3.66. The van der Waals surface area contributed by atoms with Gasteiger partial charge in [-0.3, -0.25) is 0 Å². The summed E-state index contributed by atoms with van der Waals surface area (Å²) in [5.74, 6) is 0. The van der Waals surface area contributed by atoms with E-state index in [9.17, 15) is 8.42 Å². The Morgan fingerprint density at radius 2 is 1.53 bits per heavy atom. The molecule has 0 fully saturated rings. The van der Waals surface area contributed by atoms with Gasteiger partial charge in [0.15, 0.2) is 0 Å². The lowest BCUT2D eigenvalue weighted by molar-refractivity contribution is 0.581. The van der Waals surface area contributed by atoms with Crippen LogP contribution in [0.15, 0.2) is 96.0 Å². The molecule has 0 aliphatic carbocycles. The largest absolute Gasteiger partial charge is 0.240 e. The Balaban J connectivity index is 1.66. The minimum absolute atomic E-state index is 0.0827. The topological polar surface area (TPSA) is 87.8 Å². The lowest BCUT2D eigenvalue weighted by Crippen LogP contribution is -2.23. The molecule has 1 N–H and O–H groups in total. The first-order chi connectivity index (χ1) is 14.6. The maximum atomic E-state index is 12.7. The third-order valence-electron chi connectivity index (χ3n) is 4.60. The fraction of sp³-hybridized carbons (Fsp3) is 0.0435. The molecule has 0 atom stereocenters. The van der Waals surface area contributed by atoms with E-state index < -0.39 is 10.0 Å². The molecular formula is C23H18N4O2S. The fourth-order valence-corrected chi connectivity index (χ4v) is 4.06. The van der Waals surface area contributed by atoms with Gasteiger partial charge in [-0.1, -0.05) is 48.5 Å². The van der Waals surface area contributed by atoms with Crippen LogP contribution in [0.2, 0.25) is 0 Å². The highest BCUT2D eigenvalue weighted by molar-refractivity contribution is 7.89. The smallest absolute Gasteiger partial charge is 0.240 e. The normalized spacial score (nSPS) is 11.2. The average Bonchev–Trinajstić information content (AvgIpc) is 3.23. The van der Waals surface area contributed by atoms with Crippen LogP contribution >= 0.6 is 0 Å². The molecule has 30 heavy (non-hydrogen) atoms. The van der Waals surface area contributed by atoms with Crippen LogP contribution in [0.4, 0.5) is 0 Å². The molecule has 148 valence electrons. The Morgan fingerprint density at radius 3 is 2.17 bits per heavy atom. The molecule has 0 unspecified atom stereocenters. The molecule has 3 aromatic carbocycles. The summed E-state index contributed by atoms with van der Waals surface area (Å²) in [6.07, 6.45) is 1.83. The number of sulfonamides is 1. The number of hydrogen-bond donors (Lipinski definition) is 1. The number of rotatable bonds is 6. The van der Waals surface area contributed by atoms with Gasteiger partial charge in [-0.25, -0.2) is 17.8 Å². The van der Waals surface area contributed by atoms with Crippen molar-refractivity contribution in [1.82, 2.24) is 14.5 Å². The van der Waals surface area contributed by atoms with Crippen molar-refractivity contribution in [2.24, 2.45) is 0 Å². The lowest BCUT2D eigenvalue weighted by atomic mass is 10.1. The monoisotopic (exact) mass is 414 g/mol. The summed E-state index contributed by atoms with van der Waals surface area (Å²) in [4.78, 5) is 0.109. The van der Waals surface area contributed by atoms with E-state index in [2.05, 4.69) is 4.72 Å². The summed E-state index contributed by atoms with van der Waals surface area (Å²) in [7, 11) is -3.73. The summed E-state index contributed by atoms with van der Waals surface area (Å²) < 4.78 is 29.8. The average molecular weight is 414 g/mol. The predicted molar refractivity (Wildman–Crippen MR) is 114 cm³/mol. The highest BCUT2D eigenvalue weighted by Gasteiger charge is 2.17. The van der Waals surface area contributed by atoms with Gasteiger partial charge in [-0.2, -0.15) is 10.4 Å². The predicted octanol–water partition coefficient (Wildman–Crippen LogP) is 3.89. The van der Waals surface area contributed by atoms with Crippen molar-refractivity contribution in [2.45, 2.75) is 11.4 Å². The van der Waals surface area contributed by atoms with Crippen molar-refractivity contribution in [1.29, 1.82) is 5.26 Å². The van der Waals surface area contributed by atoms with Crippen LogP contribution in [-0.4, -0.2) is 18.2 Å². The highest BCUT2D eigenvalue weighted by Crippen LogP contribution is 2.24. The van der Waals surface area contributed by atoms with Gasteiger partial charge in [0.05, 0.1) is 27.9 Å². The molecule has 0 amide bonds. The molecule has 6 nitrogen and oxygen atoms in total. The molecule has 0 saturated heterocycles. The number of para-hydroxylation sites is 1. The lowest BCUT2D eigenvalue weighted by Gasteiger charge is -2.07. The van der Waals surface area contributed by atoms with E-state index >= 15 is 0 Å². The van der Waals surface area contributed by atoms with Crippen molar-refractivity contribution >= 4 is 10.0 Å². The van der Waals surface area contributed by atoms with Crippen molar-refractivity contribution in [3.63, 3.8) is 0 Å². The second-order valence-electron chi connectivity index (χ2n) is 6.61. The van der Waals surface area contributed by atoms with E-state index in [0.717, 1.165) is 16.8 Å². The quantitative estimate of drug-likeness (QED) is 0.518. The summed E-state index contributed by atoms with van der Waals surface area (Å²) in [6, 6.07) is 27.1. The van der Waals surface area contributed by atoms with Crippen LogP contribution in [-0.2, 0) is 16.6 Å². The van der Waals surface area contributed by atoms with E-state index in [1.165, 1.54) is 24.3 Å². The minimum atomic E-state index is -3.73. The molecule has 0 saturated carbocycles. The molecular weight excluding hydrogens is 396 g/mol. The third-order valence-corrected chi connectivity index (χ3v) is 6.02. The molecule has 1 aromatic heterocycles. The maximum Gasteiger partial charge on any atom is 0.240 e. The van der Waals surface area contributed by atoms with Crippen molar-refractivity contribution in [3.8, 4) is 23.0 Å². The highest BCUT2D eigenvalue weighted by atomic mass is 32.2. The van der Waals surface area contributed by atoms with Gasteiger partial charge in [0.1, 0.15) is 0 Å². The van der Waals surface area contributed by atoms with Crippen molar-refractivity contribution in [2.75, 3.05) is 0 Å². The number of aromatic nitrogens is 2. The molecule has 4 rings (SSSR count). The van der Waals surface area contributed by atoms with Gasteiger partial charge in [-0.05, 0) is 36.4 Å². The van der Waals surface area contributed by atoms with E-state index in [-0.39, 0.29) is 11.4 Å². The zero-order valence-electron chi connectivity index (χ0n) is 15.9. The van der Waals surface area contributed by atoms with Gasteiger partial charge >= 0.3 is 0 Å². The Morgan fingerprint density at radius 1 is 0.900 bits per heavy atom. The maximum absolute atomic E-state index is 12.7. The van der Waals surface area contributed by atoms with E-state index in [1.54, 1.807) is 4.68 Å². The number of nitrogens with zero attached hydrogens (tertiary/aromatic N) is 3. The van der Waals surface area contributed by atoms with Gasteiger partial charge in [-0.15, -0.1) is 0 Å². The fourth-order valence-electron chi connectivity index (χ4n) is 3.06. The summed E-state index contributed by atoms with van der Waals surface area (Å²) in [5, 5.41) is 13.6. The molecule has 0 bridgehead atoms. The molecule has 1 heterocycles. The van der Waals surface area contributed by atoms with Crippen LogP contribution in [0.5, 0.6) is 0 Å². The summed E-state index contributed by atoms with van der Waals surface area (Å²) in [6.45, 7) is 0.0827. The Hall–Kier alpha value is -3.73. The van der Waals surface area contributed by atoms with Crippen molar-refractivity contribution in [3.05, 3.63) is 102 Å². The Labute approximate surface area is 175 Å². The van der Waals surface area contributed by atoms with E-state index in [4.69, 9.17) is 10.4 Å². The first-order valence-corrected chi connectivity index (χ1v) is 10.7. The van der Waals surface area contributed by atoms with Gasteiger partial charge in [0, 0.05) is 23.9 Å². The van der Waals surface area contributed by atoms with Gasteiger partial charge < -0.3 is 0 Å². The molecule has 7 heteroatoms. The van der Waals surface area contributed by atoms with Crippen LogP contribution in [0.25, 0.3) is 16.9 Å². The molecule has 0 aliphatic rings. The van der Waals surface area contributed by atoms with Crippen molar-refractivity contribution < 1.29 is 8.42 Å². The van der Waals surface area contributed by atoms with E-state index in [1.807, 2.05) is 72.9 Å². The molecule has 0 radical (unpaired) electrons. The Kier molecular flexibility index (Phi) is 5.44. The third kappa shape index (κ3) is 4.15. The second-order valence-corrected chi connectivity index (χ2v) is 8.38. The van der Waals surface area contributed by atoms with Crippen LogP contribution in [0.1, 0.15) is 11.1 Å². The molecule has 4 aromatic rings. The van der Waals surface area contributed by atoms with Crippen LogP contribution in [0.3, 0.4) is 0 Å². The van der Waals surface area contributed by atoms with Gasteiger partial charge in [0.25, 0.3) is 0 Å². The zero-order chi connectivity index (χ0) is 21.0. The minimum Gasteiger partial charge on any atom is -0.240 e. The first-order valence-electron chi connectivity index (χ1n) is 9.26. The van der Waals surface area contributed by atoms with Crippen LogP contribution in [0, 0.1) is 11.3 Å². The standard InChI is InChI=1S/C23H18N4O2S/c24-15-18-11-13-22(14-12-18)30(28,29)25-16-20-17-27(21-9-5-2-6-10-21)26-23(20)19-7-3-1-4-8-19/h1-14,17,25H,16H2. The first kappa shape index (κ1) is 19.6. The molecule has 0 spiro atoms. The van der Waals surface area contributed by atoms with Crippen LogP contribution < -0.4 is 4.72 Å². The number of nitrogens with one attached hydrogen (secondary N) is 1. The number of nitriles is 1. The van der Waals surface area contributed by atoms with E-state index in [0.29, 0.717) is 11.3 Å².